The van der Waals surface area contributed by atoms with E-state index in [-0.39, 0.29) is 11.7 Å². The van der Waals surface area contributed by atoms with Crippen LogP contribution in [0.5, 0.6) is 0 Å². The highest BCUT2D eigenvalue weighted by molar-refractivity contribution is 5.86. The first-order chi connectivity index (χ1) is 10.7. The Morgan fingerprint density at radius 2 is 2.13 bits per heavy atom. The number of H-pyrrole nitrogens is 1. The van der Waals surface area contributed by atoms with E-state index >= 15 is 0 Å². The van der Waals surface area contributed by atoms with Crippen molar-refractivity contribution in [2.24, 2.45) is 0 Å². The Morgan fingerprint density at radius 3 is 2.70 bits per heavy atom. The number of nitro benzene ring substituents is 1. The predicted molar refractivity (Wildman–Crippen MR) is 87.3 cm³/mol. The molecule has 0 aliphatic heterocycles. The van der Waals surface area contributed by atoms with Crippen molar-refractivity contribution in [1.82, 2.24) is 10.3 Å². The fourth-order valence-electron chi connectivity index (χ4n) is 2.34. The van der Waals surface area contributed by atoms with E-state index in [1.54, 1.807) is 19.3 Å². The average molecular weight is 319 g/mol. The van der Waals surface area contributed by atoms with E-state index in [0.29, 0.717) is 6.42 Å². The number of rotatable bonds is 5. The van der Waals surface area contributed by atoms with Crippen molar-refractivity contribution in [3.8, 4) is 0 Å². The van der Waals surface area contributed by atoms with Crippen molar-refractivity contribution in [1.29, 1.82) is 0 Å². The number of hydrogen-bond donors (Lipinski definition) is 2. The van der Waals surface area contributed by atoms with Crippen molar-refractivity contribution in [3.05, 3.63) is 40.1 Å². The van der Waals surface area contributed by atoms with Crippen LogP contribution in [0.3, 0.4) is 0 Å². The first-order valence-corrected chi connectivity index (χ1v) is 7.36. The summed E-state index contributed by atoms with van der Waals surface area (Å²) in [7, 11) is 1.69. The molecule has 2 aromatic rings. The highest BCUT2D eigenvalue weighted by Gasteiger charge is 2.25. The fourth-order valence-corrected chi connectivity index (χ4v) is 2.34. The van der Waals surface area contributed by atoms with E-state index in [4.69, 9.17) is 4.74 Å². The third-order valence-electron chi connectivity index (χ3n) is 3.43. The third kappa shape index (κ3) is 4.07. The Balaban J connectivity index is 2.27. The van der Waals surface area contributed by atoms with Crippen LogP contribution in [0.2, 0.25) is 0 Å². The smallest absolute Gasteiger partial charge is 0.323 e. The van der Waals surface area contributed by atoms with E-state index in [0.717, 1.165) is 16.5 Å². The maximum Gasteiger partial charge on any atom is 0.323 e. The van der Waals surface area contributed by atoms with E-state index in [2.05, 4.69) is 10.3 Å². The minimum absolute atomic E-state index is 0.0247. The molecule has 0 fully saturated rings. The summed E-state index contributed by atoms with van der Waals surface area (Å²) >= 11 is 0. The number of ether oxygens (including phenoxy) is 1. The van der Waals surface area contributed by atoms with Crippen molar-refractivity contribution in [2.45, 2.75) is 38.8 Å². The summed E-state index contributed by atoms with van der Waals surface area (Å²) < 4.78 is 5.39. The molecule has 2 N–H and O–H groups in total. The van der Waals surface area contributed by atoms with Gasteiger partial charge in [0.1, 0.15) is 11.6 Å². The van der Waals surface area contributed by atoms with E-state index < -0.39 is 16.6 Å². The number of likely N-dealkylation sites (N-methyl/N-ethyl adjacent to an activating group) is 1. The molecule has 0 aliphatic carbocycles. The second-order valence-corrected chi connectivity index (χ2v) is 6.38. The van der Waals surface area contributed by atoms with Gasteiger partial charge in [-0.3, -0.25) is 14.9 Å². The van der Waals surface area contributed by atoms with Crippen molar-refractivity contribution >= 4 is 22.6 Å². The van der Waals surface area contributed by atoms with Gasteiger partial charge in [0.05, 0.1) is 4.92 Å². The molecule has 7 heteroatoms. The lowest BCUT2D eigenvalue weighted by Gasteiger charge is -2.23. The van der Waals surface area contributed by atoms with Gasteiger partial charge in [-0.1, -0.05) is 0 Å². The Hall–Kier alpha value is -2.41. The molecule has 1 aromatic heterocycles. The first kappa shape index (κ1) is 17.0. The molecule has 23 heavy (non-hydrogen) atoms. The standard InChI is InChI=1S/C16H21N3O4/c1-16(2,3)23-15(20)14(17-4)7-10-9-18-13-6-5-11(19(21)22)8-12(10)13/h5-6,8-9,14,17-18H,7H2,1-4H3. The van der Waals surface area contributed by atoms with Gasteiger partial charge in [0.25, 0.3) is 5.69 Å². The molecule has 2 rings (SSSR count). The molecule has 0 bridgehead atoms. The average Bonchev–Trinajstić information content (AvgIpc) is 2.84. The quantitative estimate of drug-likeness (QED) is 0.501. The molecule has 1 aromatic carbocycles. The van der Waals surface area contributed by atoms with Crippen LogP contribution >= 0.6 is 0 Å². The fraction of sp³-hybridized carbons (Fsp3) is 0.438. The molecule has 1 heterocycles. The zero-order valence-corrected chi connectivity index (χ0v) is 13.7. The van der Waals surface area contributed by atoms with Gasteiger partial charge in [-0.25, -0.2) is 0 Å². The number of esters is 1. The Morgan fingerprint density at radius 1 is 1.43 bits per heavy atom. The number of hydrogen-bond acceptors (Lipinski definition) is 5. The molecule has 124 valence electrons. The molecule has 1 unspecified atom stereocenters. The van der Waals surface area contributed by atoms with Crippen LogP contribution in [0.1, 0.15) is 26.3 Å². The zero-order valence-electron chi connectivity index (χ0n) is 13.7. The van der Waals surface area contributed by atoms with Crippen LogP contribution in [0, 0.1) is 10.1 Å². The Bertz CT molecular complexity index is 730. The highest BCUT2D eigenvalue weighted by Crippen LogP contribution is 2.25. The van der Waals surface area contributed by atoms with E-state index in [1.807, 2.05) is 20.8 Å². The molecule has 0 radical (unpaired) electrons. The lowest BCUT2D eigenvalue weighted by atomic mass is 10.0. The molecule has 0 saturated carbocycles. The molecule has 0 aliphatic rings. The Labute approximate surface area is 134 Å². The zero-order chi connectivity index (χ0) is 17.2. The normalized spacial score (nSPS) is 13.0. The van der Waals surface area contributed by atoms with Crippen LogP contribution < -0.4 is 5.32 Å². The summed E-state index contributed by atoms with van der Waals surface area (Å²) in [5.41, 5.74) is 1.08. The molecular weight excluding hydrogens is 298 g/mol. The van der Waals surface area contributed by atoms with Gasteiger partial charge in [-0.2, -0.15) is 0 Å². The van der Waals surface area contributed by atoms with E-state index in [9.17, 15) is 14.9 Å². The number of nitrogens with one attached hydrogen (secondary N) is 2. The number of benzene rings is 1. The summed E-state index contributed by atoms with van der Waals surface area (Å²) in [6, 6.07) is 4.11. The minimum atomic E-state index is -0.564. The second kappa shape index (κ2) is 6.37. The summed E-state index contributed by atoms with van der Waals surface area (Å²) in [6.45, 7) is 5.44. The highest BCUT2D eigenvalue weighted by atomic mass is 16.6. The number of carbonyl (C=O) groups excluding carboxylic acids is 1. The molecule has 1 atom stereocenters. The molecule has 0 spiro atoms. The molecular formula is C16H21N3O4. The lowest BCUT2D eigenvalue weighted by molar-refractivity contribution is -0.384. The van der Waals surface area contributed by atoms with Gasteiger partial charge in [0.15, 0.2) is 0 Å². The lowest BCUT2D eigenvalue weighted by Crippen LogP contribution is -2.40. The molecule has 0 saturated heterocycles. The van der Waals surface area contributed by atoms with Crippen LogP contribution in [-0.2, 0) is 16.0 Å². The Kier molecular flexibility index (Phi) is 4.70. The molecule has 7 nitrogen and oxygen atoms in total. The minimum Gasteiger partial charge on any atom is -0.459 e. The second-order valence-electron chi connectivity index (χ2n) is 6.38. The van der Waals surface area contributed by atoms with Gasteiger partial charge < -0.3 is 15.0 Å². The van der Waals surface area contributed by atoms with Crippen LogP contribution in [0.15, 0.2) is 24.4 Å². The number of aromatic nitrogens is 1. The number of aromatic amines is 1. The summed E-state index contributed by atoms with van der Waals surface area (Å²) in [6.07, 6.45) is 2.15. The van der Waals surface area contributed by atoms with Crippen LogP contribution in [0.25, 0.3) is 10.9 Å². The SMILES string of the molecule is CNC(Cc1c[nH]c2ccc([N+](=O)[O-])cc12)C(=O)OC(C)(C)C. The van der Waals surface area contributed by atoms with Gasteiger partial charge in [0.2, 0.25) is 0 Å². The maximum absolute atomic E-state index is 12.2. The van der Waals surface area contributed by atoms with Crippen molar-refractivity contribution in [2.75, 3.05) is 7.05 Å². The third-order valence-corrected chi connectivity index (χ3v) is 3.43. The number of carbonyl (C=O) groups is 1. The number of fused-ring (bicyclic) bond motifs is 1. The van der Waals surface area contributed by atoms with Gasteiger partial charge in [-0.05, 0) is 39.4 Å². The number of nitro groups is 1. The van der Waals surface area contributed by atoms with Crippen LogP contribution in [-0.4, -0.2) is 34.6 Å². The van der Waals surface area contributed by atoms with Crippen molar-refractivity contribution < 1.29 is 14.5 Å². The summed E-state index contributed by atoms with van der Waals surface area (Å²) in [4.78, 5) is 25.8. The topological polar surface area (TPSA) is 97.3 Å². The maximum atomic E-state index is 12.2. The van der Waals surface area contributed by atoms with Gasteiger partial charge >= 0.3 is 5.97 Å². The number of nitrogens with zero attached hydrogens (tertiary/aromatic N) is 1. The first-order valence-electron chi connectivity index (χ1n) is 7.36. The largest absolute Gasteiger partial charge is 0.459 e. The molecule has 0 amide bonds. The van der Waals surface area contributed by atoms with E-state index in [1.165, 1.54) is 12.1 Å². The predicted octanol–water partition coefficient (Wildman–Crippen LogP) is 2.55. The van der Waals surface area contributed by atoms with Gasteiger partial charge in [0, 0.05) is 35.7 Å². The van der Waals surface area contributed by atoms with Gasteiger partial charge in [-0.15, -0.1) is 0 Å². The summed E-state index contributed by atoms with van der Waals surface area (Å²) in [5, 5.41) is 14.6. The monoisotopic (exact) mass is 319 g/mol. The summed E-state index contributed by atoms with van der Waals surface area (Å²) in [5.74, 6) is -0.347. The van der Waals surface area contributed by atoms with Crippen molar-refractivity contribution in [3.63, 3.8) is 0 Å². The number of non-ortho nitro benzene ring substituents is 1. The van der Waals surface area contributed by atoms with Crippen LogP contribution in [0.4, 0.5) is 5.69 Å².